The molecule has 0 saturated heterocycles. The summed E-state index contributed by atoms with van der Waals surface area (Å²) in [5.74, 6) is 0. The zero-order chi connectivity index (χ0) is 11.2. The molecule has 4 heteroatoms. The van der Waals surface area contributed by atoms with E-state index in [2.05, 4.69) is 52.2 Å². The van der Waals surface area contributed by atoms with Crippen LogP contribution in [0.5, 0.6) is 0 Å². The van der Waals surface area contributed by atoms with E-state index < -0.39 is 0 Å². The fourth-order valence-electron chi connectivity index (χ4n) is 0.653. The molecule has 84 valence electrons. The molecule has 0 unspecified atom stereocenters. The van der Waals surface area contributed by atoms with Gasteiger partial charge in [-0.25, -0.2) is 12.4 Å². The second-order valence-corrected chi connectivity index (χ2v) is 4.89. The number of nitrogens with zero attached hydrogens (tertiary/aromatic N) is 2. The van der Waals surface area contributed by atoms with E-state index in [0.717, 1.165) is 12.8 Å². The summed E-state index contributed by atoms with van der Waals surface area (Å²) in [6.07, 6.45) is 5.74. The van der Waals surface area contributed by atoms with Crippen LogP contribution in [-0.2, 0) is 0 Å². The van der Waals surface area contributed by atoms with Crippen LogP contribution in [0.1, 0.15) is 54.4 Å². The monoisotopic (exact) mass is 242 g/mol. The average molecular weight is 242 g/mol. The molecule has 0 amide bonds. The largest absolute Gasteiger partial charge is 1.00 e. The predicted molar refractivity (Wildman–Crippen MR) is 64.6 cm³/mol. The first-order valence-corrected chi connectivity index (χ1v) is 5.42. The topological polar surface area (TPSA) is 28.2 Å². The molecule has 2 nitrogen and oxygen atoms in total. The van der Waals surface area contributed by atoms with Gasteiger partial charge in [0.1, 0.15) is 0 Å². The van der Waals surface area contributed by atoms with E-state index in [1.807, 2.05) is 12.4 Å². The Morgan fingerprint density at radius 1 is 0.750 bits per heavy atom. The van der Waals surface area contributed by atoms with Crippen LogP contribution in [0.3, 0.4) is 0 Å². The summed E-state index contributed by atoms with van der Waals surface area (Å²) in [7, 11) is 0. The minimum atomic E-state index is 0. The van der Waals surface area contributed by atoms with Crippen molar-refractivity contribution in [1.29, 1.82) is 0 Å². The Balaban J connectivity index is -0.000000845. The Hall–Kier alpha value is 1.34. The van der Waals surface area contributed by atoms with Crippen LogP contribution in [0.2, 0.25) is 0 Å². The predicted octanol–water partition coefficient (Wildman–Crippen LogP) is -1.41. The Bertz CT molecular complexity index is 169. The zero-order valence-corrected chi connectivity index (χ0v) is 16.5. The van der Waals surface area contributed by atoms with Gasteiger partial charge in [0.05, 0.1) is 0 Å². The first-order valence-electron chi connectivity index (χ1n) is 5.42. The van der Waals surface area contributed by atoms with E-state index in [-0.39, 0.29) is 70.2 Å². The molecular weight excluding hydrogens is 218 g/mol. The zero-order valence-electron chi connectivity index (χ0n) is 12.5. The van der Waals surface area contributed by atoms with Gasteiger partial charge in [-0.2, -0.15) is 0 Å². The van der Waals surface area contributed by atoms with Crippen molar-refractivity contribution < 1.29 is 59.1 Å². The standard InChI is InChI=1S/C12H24N2.2Na/c1-7-11(3,4)13-9-10-14-12(5,6)8-2;;/h9-10H,7-8H2,1-6H3;;/q-2;2*+1. The molecule has 16 heavy (non-hydrogen) atoms. The van der Waals surface area contributed by atoms with E-state index in [4.69, 9.17) is 0 Å². The van der Waals surface area contributed by atoms with Crippen molar-refractivity contribution in [2.75, 3.05) is 0 Å². The van der Waals surface area contributed by atoms with E-state index >= 15 is 0 Å². The maximum Gasteiger partial charge on any atom is 1.00 e. The molecule has 0 bridgehead atoms. The number of hydrogen-bond acceptors (Lipinski definition) is 0. The molecule has 0 aliphatic heterocycles. The Morgan fingerprint density at radius 2 is 1.00 bits per heavy atom. The summed E-state index contributed by atoms with van der Waals surface area (Å²) >= 11 is 0. The molecule has 0 N–H and O–H groups in total. The number of rotatable bonds is 6. The van der Waals surface area contributed by atoms with Gasteiger partial charge < -0.3 is 10.6 Å². The van der Waals surface area contributed by atoms with Gasteiger partial charge in [-0.3, -0.25) is 0 Å². The van der Waals surface area contributed by atoms with Crippen LogP contribution >= 0.6 is 0 Å². The van der Waals surface area contributed by atoms with Crippen molar-refractivity contribution >= 4 is 0 Å². The SMILES string of the molecule is CCC(C)(C)[N-]C=C[N-]C(C)(C)CC.[Na+].[Na+]. The molecule has 0 aromatic heterocycles. The van der Waals surface area contributed by atoms with Gasteiger partial charge in [0.25, 0.3) is 0 Å². The second kappa shape index (κ2) is 10.3. The van der Waals surface area contributed by atoms with Gasteiger partial charge in [0, 0.05) is 0 Å². The average Bonchev–Trinajstić information content (AvgIpc) is 2.13. The second-order valence-electron chi connectivity index (χ2n) is 4.89. The van der Waals surface area contributed by atoms with Crippen molar-refractivity contribution in [1.82, 2.24) is 0 Å². The molecule has 0 spiro atoms. The number of hydrogen-bond donors (Lipinski definition) is 0. The third-order valence-electron chi connectivity index (χ3n) is 2.65. The minimum Gasteiger partial charge on any atom is -0.687 e. The molecule has 0 radical (unpaired) electrons. The van der Waals surface area contributed by atoms with Crippen LogP contribution in [-0.4, -0.2) is 11.1 Å². The van der Waals surface area contributed by atoms with Gasteiger partial charge in [0.15, 0.2) is 0 Å². The third-order valence-corrected chi connectivity index (χ3v) is 2.65. The van der Waals surface area contributed by atoms with E-state index in [1.54, 1.807) is 0 Å². The van der Waals surface area contributed by atoms with Crippen molar-refractivity contribution in [3.63, 3.8) is 0 Å². The summed E-state index contributed by atoms with van der Waals surface area (Å²) in [6, 6.07) is 0. The summed E-state index contributed by atoms with van der Waals surface area (Å²) in [5.41, 5.74) is 0.0881. The van der Waals surface area contributed by atoms with Gasteiger partial charge >= 0.3 is 59.1 Å². The van der Waals surface area contributed by atoms with Crippen LogP contribution in [0, 0.1) is 0 Å². The van der Waals surface area contributed by atoms with Crippen LogP contribution in [0.4, 0.5) is 0 Å². The molecular formula is C12H24N2Na2. The molecule has 0 aromatic carbocycles. The first-order chi connectivity index (χ1) is 6.33. The quantitative estimate of drug-likeness (QED) is 0.512. The smallest absolute Gasteiger partial charge is 0.687 e. The fourth-order valence-corrected chi connectivity index (χ4v) is 0.653. The van der Waals surface area contributed by atoms with Gasteiger partial charge in [-0.1, -0.05) is 54.4 Å². The molecule has 0 aliphatic rings. The van der Waals surface area contributed by atoms with E-state index in [9.17, 15) is 0 Å². The van der Waals surface area contributed by atoms with Gasteiger partial charge in [-0.15, -0.1) is 11.1 Å². The molecule has 0 aliphatic carbocycles. The van der Waals surface area contributed by atoms with Crippen molar-refractivity contribution in [2.24, 2.45) is 0 Å². The van der Waals surface area contributed by atoms with Gasteiger partial charge in [0.2, 0.25) is 0 Å². The van der Waals surface area contributed by atoms with Gasteiger partial charge in [-0.05, 0) is 0 Å². The van der Waals surface area contributed by atoms with E-state index in [0.29, 0.717) is 0 Å². The normalized spacial score (nSPS) is 11.6. The summed E-state index contributed by atoms with van der Waals surface area (Å²) in [5, 5.41) is 8.88. The third kappa shape index (κ3) is 11.8. The minimum absolute atomic E-state index is 0. The summed E-state index contributed by atoms with van der Waals surface area (Å²) < 4.78 is 0. The Kier molecular flexibility index (Phi) is 14.5. The Labute approximate surface area is 146 Å². The molecule has 0 aromatic rings. The molecule has 0 atom stereocenters. The summed E-state index contributed by atoms with van der Waals surface area (Å²) in [4.78, 5) is 0. The van der Waals surface area contributed by atoms with Crippen LogP contribution in [0.15, 0.2) is 12.4 Å². The van der Waals surface area contributed by atoms with Crippen molar-refractivity contribution in [3.05, 3.63) is 23.0 Å². The fraction of sp³-hybridized carbons (Fsp3) is 0.833. The van der Waals surface area contributed by atoms with Crippen molar-refractivity contribution in [2.45, 2.75) is 65.5 Å². The molecule has 0 fully saturated rings. The molecule has 0 saturated carbocycles. The van der Waals surface area contributed by atoms with Crippen molar-refractivity contribution in [3.8, 4) is 0 Å². The van der Waals surface area contributed by atoms with Crippen LogP contribution in [0.25, 0.3) is 10.6 Å². The van der Waals surface area contributed by atoms with Crippen LogP contribution < -0.4 is 59.1 Å². The molecule has 0 heterocycles. The Morgan fingerprint density at radius 3 is 1.19 bits per heavy atom. The maximum absolute atomic E-state index is 4.44. The molecule has 0 rings (SSSR count). The first kappa shape index (κ1) is 22.5. The summed E-state index contributed by atoms with van der Waals surface area (Å²) in [6.45, 7) is 12.8. The maximum atomic E-state index is 4.44. The van der Waals surface area contributed by atoms with E-state index in [1.165, 1.54) is 0 Å².